The molecule has 32 heavy (non-hydrogen) atoms. The van der Waals surface area contributed by atoms with Crippen molar-refractivity contribution in [3.05, 3.63) is 29.8 Å². The van der Waals surface area contributed by atoms with Gasteiger partial charge in [-0.15, -0.1) is 0 Å². The number of carbonyl (C=O) groups is 3. The van der Waals surface area contributed by atoms with Crippen molar-refractivity contribution >= 4 is 17.6 Å². The van der Waals surface area contributed by atoms with E-state index in [4.69, 9.17) is 4.74 Å². The van der Waals surface area contributed by atoms with E-state index in [0.717, 1.165) is 30.6 Å². The molecule has 1 aromatic rings. The SMILES string of the molecule is CC[C@@H](C)C(=O)C(=O)N1CCC([C@H](Cc2cccc(OC)c2)N(C)C(=O)CC(C)C)CC1. The molecular formula is C26H40N2O4. The molecule has 1 aliphatic rings. The molecule has 0 N–H and O–H groups in total. The summed E-state index contributed by atoms with van der Waals surface area (Å²) in [4.78, 5) is 41.5. The van der Waals surface area contributed by atoms with Gasteiger partial charge in [-0.05, 0) is 55.2 Å². The smallest absolute Gasteiger partial charge is 0.290 e. The highest BCUT2D eigenvalue weighted by molar-refractivity contribution is 6.36. The summed E-state index contributed by atoms with van der Waals surface area (Å²) in [6, 6.07) is 8.03. The minimum Gasteiger partial charge on any atom is -0.497 e. The van der Waals surface area contributed by atoms with Crippen LogP contribution in [0.15, 0.2) is 24.3 Å². The molecule has 2 rings (SSSR count). The van der Waals surface area contributed by atoms with Crippen LogP contribution in [0.25, 0.3) is 0 Å². The van der Waals surface area contributed by atoms with Crippen molar-refractivity contribution in [3.63, 3.8) is 0 Å². The lowest BCUT2D eigenvalue weighted by Crippen LogP contribution is -2.50. The molecule has 2 atom stereocenters. The molecule has 1 saturated heterocycles. The summed E-state index contributed by atoms with van der Waals surface area (Å²) in [5.41, 5.74) is 1.13. The quantitative estimate of drug-likeness (QED) is 0.512. The molecule has 0 bridgehead atoms. The van der Waals surface area contributed by atoms with E-state index in [2.05, 4.69) is 19.9 Å². The van der Waals surface area contributed by atoms with Crippen molar-refractivity contribution in [1.82, 2.24) is 9.80 Å². The number of likely N-dealkylation sites (N-methyl/N-ethyl adjacent to an activating group) is 1. The third kappa shape index (κ3) is 6.81. The average Bonchev–Trinajstić information content (AvgIpc) is 2.80. The number of hydrogen-bond donors (Lipinski definition) is 0. The number of likely N-dealkylation sites (tertiary alicyclic amines) is 1. The Morgan fingerprint density at radius 2 is 1.81 bits per heavy atom. The summed E-state index contributed by atoms with van der Waals surface area (Å²) < 4.78 is 5.38. The summed E-state index contributed by atoms with van der Waals surface area (Å²) >= 11 is 0. The first kappa shape index (κ1) is 25.9. The summed E-state index contributed by atoms with van der Waals surface area (Å²) in [7, 11) is 3.56. The first-order valence-corrected chi connectivity index (χ1v) is 11.9. The second-order valence-corrected chi connectivity index (χ2v) is 9.53. The second kappa shape index (κ2) is 12.0. The first-order chi connectivity index (χ1) is 15.2. The van der Waals surface area contributed by atoms with E-state index in [9.17, 15) is 14.4 Å². The van der Waals surface area contributed by atoms with Gasteiger partial charge in [0.05, 0.1) is 7.11 Å². The lowest BCUT2D eigenvalue weighted by molar-refractivity contribution is -0.148. The largest absolute Gasteiger partial charge is 0.497 e. The van der Waals surface area contributed by atoms with Gasteiger partial charge in [0, 0.05) is 38.5 Å². The third-order valence-electron chi connectivity index (χ3n) is 6.69. The fourth-order valence-corrected chi connectivity index (χ4v) is 4.38. The number of ether oxygens (including phenoxy) is 1. The molecule has 1 heterocycles. The number of rotatable bonds is 10. The lowest BCUT2D eigenvalue weighted by atomic mass is 9.84. The Hall–Kier alpha value is -2.37. The van der Waals surface area contributed by atoms with E-state index in [1.165, 1.54) is 0 Å². The molecule has 0 saturated carbocycles. The maximum Gasteiger partial charge on any atom is 0.290 e. The molecule has 0 radical (unpaired) electrons. The van der Waals surface area contributed by atoms with Crippen LogP contribution in [0.4, 0.5) is 0 Å². The van der Waals surface area contributed by atoms with E-state index < -0.39 is 0 Å². The van der Waals surface area contributed by atoms with Crippen molar-refractivity contribution in [2.75, 3.05) is 27.2 Å². The molecule has 2 amide bonds. The van der Waals surface area contributed by atoms with Crippen LogP contribution in [0.5, 0.6) is 5.75 Å². The Bertz CT molecular complexity index is 784. The fraction of sp³-hybridized carbons (Fsp3) is 0.654. The average molecular weight is 445 g/mol. The molecule has 6 heteroatoms. The Kier molecular flexibility index (Phi) is 9.73. The highest BCUT2D eigenvalue weighted by Gasteiger charge is 2.34. The molecular weight excluding hydrogens is 404 g/mol. The summed E-state index contributed by atoms with van der Waals surface area (Å²) in [5, 5.41) is 0. The van der Waals surface area contributed by atoms with Crippen LogP contribution in [-0.4, -0.2) is 60.7 Å². The maximum absolute atomic E-state index is 12.9. The Morgan fingerprint density at radius 1 is 1.16 bits per heavy atom. The van der Waals surface area contributed by atoms with Gasteiger partial charge >= 0.3 is 0 Å². The summed E-state index contributed by atoms with van der Waals surface area (Å²) in [6.07, 6.45) is 3.50. The number of piperidine rings is 1. The summed E-state index contributed by atoms with van der Waals surface area (Å²) in [6.45, 7) is 8.98. The van der Waals surface area contributed by atoms with Crippen LogP contribution in [0, 0.1) is 17.8 Å². The molecule has 0 aliphatic carbocycles. The van der Waals surface area contributed by atoms with Crippen LogP contribution < -0.4 is 4.74 Å². The zero-order valence-corrected chi connectivity index (χ0v) is 20.6. The van der Waals surface area contributed by atoms with Gasteiger partial charge < -0.3 is 14.5 Å². The van der Waals surface area contributed by atoms with Crippen molar-refractivity contribution < 1.29 is 19.1 Å². The van der Waals surface area contributed by atoms with Gasteiger partial charge in [0.2, 0.25) is 11.7 Å². The number of ketones is 1. The molecule has 1 aromatic carbocycles. The monoisotopic (exact) mass is 444 g/mol. The molecule has 1 aliphatic heterocycles. The van der Waals surface area contributed by atoms with E-state index in [1.54, 1.807) is 12.0 Å². The fourth-order valence-electron chi connectivity index (χ4n) is 4.38. The number of nitrogens with zero attached hydrogens (tertiary/aromatic N) is 2. The van der Waals surface area contributed by atoms with Crippen molar-refractivity contribution in [2.24, 2.45) is 17.8 Å². The standard InChI is InChI=1S/C26H40N2O4/c1-7-19(4)25(30)26(31)28-13-11-21(12-14-28)23(27(5)24(29)15-18(2)3)17-20-9-8-10-22(16-20)32-6/h8-10,16,18-19,21,23H,7,11-15,17H2,1-6H3/t19-,23+/m1/s1. The van der Waals surface area contributed by atoms with Crippen LogP contribution in [0.3, 0.4) is 0 Å². The van der Waals surface area contributed by atoms with Crippen LogP contribution in [0.1, 0.15) is 58.9 Å². The zero-order valence-electron chi connectivity index (χ0n) is 20.6. The van der Waals surface area contributed by atoms with Crippen molar-refractivity contribution in [3.8, 4) is 5.75 Å². The van der Waals surface area contributed by atoms with E-state index in [1.807, 2.05) is 44.0 Å². The van der Waals surface area contributed by atoms with Gasteiger partial charge in [0.15, 0.2) is 0 Å². The predicted molar refractivity (Wildman–Crippen MR) is 126 cm³/mol. The molecule has 0 aromatic heterocycles. The zero-order chi connectivity index (χ0) is 23.8. The second-order valence-electron chi connectivity index (χ2n) is 9.53. The number of amides is 2. The minimum atomic E-state index is -0.355. The minimum absolute atomic E-state index is 0.0378. The van der Waals surface area contributed by atoms with Gasteiger partial charge in [0.25, 0.3) is 5.91 Å². The normalized spacial score (nSPS) is 16.5. The highest BCUT2D eigenvalue weighted by Crippen LogP contribution is 2.28. The van der Waals surface area contributed by atoms with Crippen molar-refractivity contribution in [1.29, 1.82) is 0 Å². The predicted octanol–water partition coefficient (Wildman–Crippen LogP) is 3.96. The molecule has 178 valence electrons. The lowest BCUT2D eigenvalue weighted by Gasteiger charge is -2.40. The van der Waals surface area contributed by atoms with Gasteiger partial charge in [0.1, 0.15) is 5.75 Å². The number of hydrogen-bond acceptors (Lipinski definition) is 4. The van der Waals surface area contributed by atoms with Gasteiger partial charge in [-0.25, -0.2) is 0 Å². The number of carbonyl (C=O) groups excluding carboxylic acids is 3. The van der Waals surface area contributed by atoms with E-state index in [0.29, 0.717) is 31.8 Å². The number of methoxy groups -OCH3 is 1. The highest BCUT2D eigenvalue weighted by atomic mass is 16.5. The van der Waals surface area contributed by atoms with Gasteiger partial charge in [-0.2, -0.15) is 0 Å². The van der Waals surface area contributed by atoms with Gasteiger partial charge in [-0.1, -0.05) is 39.8 Å². The Balaban J connectivity index is 2.14. The Morgan fingerprint density at radius 3 is 2.38 bits per heavy atom. The van der Waals surface area contributed by atoms with Crippen LogP contribution in [0.2, 0.25) is 0 Å². The number of benzene rings is 1. The molecule has 6 nitrogen and oxygen atoms in total. The summed E-state index contributed by atoms with van der Waals surface area (Å²) in [5.74, 6) is 0.647. The van der Waals surface area contributed by atoms with E-state index in [-0.39, 0.29) is 35.5 Å². The Labute approximate surface area is 193 Å². The van der Waals surface area contributed by atoms with Crippen LogP contribution >= 0.6 is 0 Å². The van der Waals surface area contributed by atoms with Crippen molar-refractivity contribution in [2.45, 2.75) is 65.8 Å². The molecule has 0 spiro atoms. The topological polar surface area (TPSA) is 66.9 Å². The van der Waals surface area contributed by atoms with Gasteiger partial charge in [-0.3, -0.25) is 14.4 Å². The van der Waals surface area contributed by atoms with E-state index >= 15 is 0 Å². The third-order valence-corrected chi connectivity index (χ3v) is 6.69. The molecule has 0 unspecified atom stereocenters. The van der Waals surface area contributed by atoms with Crippen LogP contribution in [-0.2, 0) is 20.8 Å². The first-order valence-electron chi connectivity index (χ1n) is 11.9. The maximum atomic E-state index is 12.9. The number of Topliss-reactive ketones (excluding diaryl/α,β-unsaturated/α-hetero) is 1. The molecule has 1 fully saturated rings.